The molecule has 0 amide bonds. The van der Waals surface area contributed by atoms with Crippen LogP contribution in [-0.2, 0) is 0 Å². The molecule has 0 saturated heterocycles. The van der Waals surface area contributed by atoms with E-state index in [4.69, 9.17) is 0 Å². The second-order valence-electron chi connectivity index (χ2n) is 3.71. The molecule has 15 heavy (non-hydrogen) atoms. The molecule has 92 valence electrons. The molecule has 0 aromatic heterocycles. The van der Waals surface area contributed by atoms with E-state index >= 15 is 0 Å². The summed E-state index contributed by atoms with van der Waals surface area (Å²) in [6, 6.07) is 0. The number of hydrogen-bond acceptors (Lipinski definition) is 0. The number of alkyl halides is 6. The number of halogens is 6. The molecule has 0 radical (unpaired) electrons. The maximum absolute atomic E-state index is 12.3. The van der Waals surface area contributed by atoms with Gasteiger partial charge in [0.05, 0.1) is 11.8 Å². The van der Waals surface area contributed by atoms with E-state index in [2.05, 4.69) is 0 Å². The molecule has 0 aliphatic heterocycles. The van der Waals surface area contributed by atoms with Gasteiger partial charge in [-0.1, -0.05) is 20.3 Å². The van der Waals surface area contributed by atoms with Crippen LogP contribution < -0.4 is 0 Å². The zero-order valence-corrected chi connectivity index (χ0v) is 8.54. The minimum absolute atomic E-state index is 0.231. The van der Waals surface area contributed by atoms with Crippen LogP contribution in [-0.4, -0.2) is 12.4 Å². The average Bonchev–Trinajstić information content (AvgIpc) is 1.99. The molecule has 0 saturated carbocycles. The van der Waals surface area contributed by atoms with Crippen LogP contribution in [0.3, 0.4) is 0 Å². The fourth-order valence-corrected chi connectivity index (χ4v) is 1.32. The first-order chi connectivity index (χ1) is 6.59. The lowest BCUT2D eigenvalue weighted by molar-refractivity contribution is -0.208. The van der Waals surface area contributed by atoms with Crippen LogP contribution in [0.5, 0.6) is 0 Å². The van der Waals surface area contributed by atoms with Crippen LogP contribution in [0.15, 0.2) is 0 Å². The minimum Gasteiger partial charge on any atom is -0.171 e. The molecule has 0 bridgehead atoms. The van der Waals surface area contributed by atoms with Gasteiger partial charge in [0.2, 0.25) is 0 Å². The highest BCUT2D eigenvalue weighted by Gasteiger charge is 2.44. The third kappa shape index (κ3) is 5.28. The second-order valence-corrected chi connectivity index (χ2v) is 3.71. The summed E-state index contributed by atoms with van der Waals surface area (Å²) >= 11 is 0. The van der Waals surface area contributed by atoms with Crippen LogP contribution in [0.25, 0.3) is 0 Å². The minimum atomic E-state index is -4.54. The van der Waals surface area contributed by atoms with E-state index in [9.17, 15) is 26.3 Å². The van der Waals surface area contributed by atoms with Gasteiger partial charge in [-0.25, -0.2) is 0 Å². The molecule has 6 heteroatoms. The Bertz CT molecular complexity index is 180. The quantitative estimate of drug-likeness (QED) is 0.628. The maximum atomic E-state index is 12.3. The smallest absolute Gasteiger partial charge is 0.171 e. The normalized spacial score (nSPS) is 17.6. The van der Waals surface area contributed by atoms with E-state index in [0.717, 1.165) is 6.92 Å². The molecule has 0 aliphatic rings. The highest BCUT2D eigenvalue weighted by atomic mass is 19.4. The molecule has 2 unspecified atom stereocenters. The molecule has 0 aromatic rings. The fourth-order valence-electron chi connectivity index (χ4n) is 1.32. The molecule has 0 aliphatic carbocycles. The van der Waals surface area contributed by atoms with Gasteiger partial charge >= 0.3 is 12.4 Å². The first-order valence-corrected chi connectivity index (χ1v) is 4.72. The summed E-state index contributed by atoms with van der Waals surface area (Å²) < 4.78 is 73.1. The highest BCUT2D eigenvalue weighted by Crippen LogP contribution is 2.39. The van der Waals surface area contributed by atoms with Crippen molar-refractivity contribution in [1.82, 2.24) is 0 Å². The predicted molar refractivity (Wildman–Crippen MR) is 44.3 cm³/mol. The van der Waals surface area contributed by atoms with Gasteiger partial charge in [-0.05, 0) is 12.8 Å². The third-order valence-electron chi connectivity index (χ3n) is 2.30. The molecule has 0 nitrogen and oxygen atoms in total. The molecular weight excluding hydrogens is 222 g/mol. The largest absolute Gasteiger partial charge is 0.391 e. The van der Waals surface area contributed by atoms with Crippen molar-refractivity contribution in [1.29, 1.82) is 0 Å². The van der Waals surface area contributed by atoms with E-state index in [1.165, 1.54) is 6.92 Å². The van der Waals surface area contributed by atoms with Crippen molar-refractivity contribution in [3.8, 4) is 0 Å². The monoisotopic (exact) mass is 236 g/mol. The molecular formula is C9H14F6. The summed E-state index contributed by atoms with van der Waals surface area (Å²) in [5.74, 6) is -3.75. The van der Waals surface area contributed by atoms with Gasteiger partial charge in [0.1, 0.15) is 0 Å². The standard InChI is InChI=1S/C9H14F6/c1-3-4-7(9(13,14)15)5-6(2)8(10,11)12/h6-7H,3-5H2,1-2H3. The molecule has 0 fully saturated rings. The Labute approximate surface area is 84.7 Å². The molecule has 0 heterocycles. The Morgan fingerprint density at radius 1 is 0.933 bits per heavy atom. The van der Waals surface area contributed by atoms with Crippen molar-refractivity contribution in [3.63, 3.8) is 0 Å². The van der Waals surface area contributed by atoms with E-state index in [1.807, 2.05) is 0 Å². The molecule has 2 atom stereocenters. The van der Waals surface area contributed by atoms with Crippen LogP contribution in [0.2, 0.25) is 0 Å². The number of rotatable bonds is 4. The van der Waals surface area contributed by atoms with E-state index < -0.39 is 30.6 Å². The predicted octanol–water partition coefficient (Wildman–Crippen LogP) is 4.55. The van der Waals surface area contributed by atoms with Crippen molar-refractivity contribution in [3.05, 3.63) is 0 Å². The van der Waals surface area contributed by atoms with Gasteiger partial charge in [-0.3, -0.25) is 0 Å². The summed E-state index contributed by atoms with van der Waals surface area (Å²) in [7, 11) is 0. The maximum Gasteiger partial charge on any atom is 0.391 e. The Morgan fingerprint density at radius 3 is 1.67 bits per heavy atom. The summed E-state index contributed by atoms with van der Waals surface area (Å²) in [5.41, 5.74) is 0. The van der Waals surface area contributed by atoms with Gasteiger partial charge in [0.15, 0.2) is 0 Å². The van der Waals surface area contributed by atoms with Gasteiger partial charge in [0.25, 0.3) is 0 Å². The molecule has 0 rings (SSSR count). The molecule has 0 spiro atoms. The van der Waals surface area contributed by atoms with E-state index in [0.29, 0.717) is 0 Å². The Balaban J connectivity index is 4.43. The molecule has 0 N–H and O–H groups in total. The SMILES string of the molecule is CCCC(CC(C)C(F)(F)F)C(F)(F)F. The van der Waals surface area contributed by atoms with Crippen molar-refractivity contribution >= 4 is 0 Å². The van der Waals surface area contributed by atoms with Crippen molar-refractivity contribution < 1.29 is 26.3 Å². The van der Waals surface area contributed by atoms with Crippen LogP contribution >= 0.6 is 0 Å². The third-order valence-corrected chi connectivity index (χ3v) is 2.30. The second kappa shape index (κ2) is 5.07. The fraction of sp³-hybridized carbons (Fsp3) is 1.00. The zero-order chi connectivity index (χ0) is 12.3. The topological polar surface area (TPSA) is 0 Å². The summed E-state index contributed by atoms with van der Waals surface area (Å²) in [6.45, 7) is 2.31. The van der Waals surface area contributed by atoms with E-state index in [-0.39, 0.29) is 12.8 Å². The van der Waals surface area contributed by atoms with Gasteiger partial charge < -0.3 is 0 Å². The van der Waals surface area contributed by atoms with Crippen LogP contribution in [0, 0.1) is 11.8 Å². The number of hydrogen-bond donors (Lipinski definition) is 0. The zero-order valence-electron chi connectivity index (χ0n) is 8.54. The molecule has 0 aromatic carbocycles. The summed E-state index contributed by atoms with van der Waals surface area (Å²) in [4.78, 5) is 0. The Kier molecular flexibility index (Phi) is 4.93. The van der Waals surface area contributed by atoms with Crippen LogP contribution in [0.1, 0.15) is 33.1 Å². The summed E-state index contributed by atoms with van der Waals surface area (Å²) in [6.07, 6.45) is -9.97. The van der Waals surface area contributed by atoms with Crippen LogP contribution in [0.4, 0.5) is 26.3 Å². The van der Waals surface area contributed by atoms with E-state index in [1.54, 1.807) is 0 Å². The van der Waals surface area contributed by atoms with Crippen molar-refractivity contribution in [2.75, 3.05) is 0 Å². The lowest BCUT2D eigenvalue weighted by Crippen LogP contribution is -2.30. The Hall–Kier alpha value is -0.420. The lowest BCUT2D eigenvalue weighted by Gasteiger charge is -2.24. The lowest BCUT2D eigenvalue weighted by atomic mass is 9.91. The average molecular weight is 236 g/mol. The van der Waals surface area contributed by atoms with Crippen molar-refractivity contribution in [2.24, 2.45) is 11.8 Å². The van der Waals surface area contributed by atoms with Gasteiger partial charge in [-0.2, -0.15) is 26.3 Å². The van der Waals surface area contributed by atoms with Gasteiger partial charge in [-0.15, -0.1) is 0 Å². The summed E-state index contributed by atoms with van der Waals surface area (Å²) in [5, 5.41) is 0. The first kappa shape index (κ1) is 14.6. The first-order valence-electron chi connectivity index (χ1n) is 4.72. The van der Waals surface area contributed by atoms with Gasteiger partial charge in [0, 0.05) is 0 Å². The highest BCUT2D eigenvalue weighted by molar-refractivity contribution is 4.73. The van der Waals surface area contributed by atoms with Crippen molar-refractivity contribution in [2.45, 2.75) is 45.5 Å². The Morgan fingerprint density at radius 2 is 1.40 bits per heavy atom.